The molecule has 0 heterocycles. The summed E-state index contributed by atoms with van der Waals surface area (Å²) in [5.41, 5.74) is 0.0282. The van der Waals surface area contributed by atoms with Gasteiger partial charge >= 0.3 is 0 Å². The molecule has 4 aliphatic carbocycles. The van der Waals surface area contributed by atoms with Gasteiger partial charge in [0.1, 0.15) is 0 Å². The van der Waals surface area contributed by atoms with E-state index >= 15 is 0 Å². The first kappa shape index (κ1) is 21.1. The van der Waals surface area contributed by atoms with Crippen LogP contribution in [0.1, 0.15) is 78.6 Å². The van der Waals surface area contributed by atoms with E-state index in [0.717, 1.165) is 57.8 Å². The second-order valence-corrected chi connectivity index (χ2v) is 11.4. The SMILES string of the molecule is C[C@H](CCCO)[C@@H]1CC[C@@H]2[C@H]3[C@@H](O)C[C@@H]4C[C@@H](O)CC[C@]4(C)[C@H]3C[C@@H](O)[C@@]21C. The first-order valence-electron chi connectivity index (χ1n) is 11.9. The summed E-state index contributed by atoms with van der Waals surface area (Å²) in [4.78, 5) is 0. The van der Waals surface area contributed by atoms with Crippen molar-refractivity contribution < 1.29 is 20.4 Å². The molecule has 0 unspecified atom stereocenters. The molecule has 28 heavy (non-hydrogen) atoms. The maximum absolute atomic E-state index is 11.5. The summed E-state index contributed by atoms with van der Waals surface area (Å²) < 4.78 is 0. The fraction of sp³-hybridized carbons (Fsp3) is 1.00. The fourth-order valence-corrected chi connectivity index (χ4v) is 8.75. The van der Waals surface area contributed by atoms with Gasteiger partial charge < -0.3 is 20.4 Å². The van der Waals surface area contributed by atoms with Gasteiger partial charge in [-0.15, -0.1) is 0 Å². The molecule has 0 bridgehead atoms. The van der Waals surface area contributed by atoms with Gasteiger partial charge in [0.25, 0.3) is 0 Å². The van der Waals surface area contributed by atoms with Crippen molar-refractivity contribution in [2.24, 2.45) is 46.3 Å². The Morgan fingerprint density at radius 1 is 0.964 bits per heavy atom. The molecule has 4 rings (SSSR count). The maximum atomic E-state index is 11.5. The smallest absolute Gasteiger partial charge is 0.0602 e. The minimum Gasteiger partial charge on any atom is -0.396 e. The van der Waals surface area contributed by atoms with E-state index in [4.69, 9.17) is 0 Å². The van der Waals surface area contributed by atoms with Crippen LogP contribution in [0.15, 0.2) is 0 Å². The van der Waals surface area contributed by atoms with Crippen molar-refractivity contribution in [3.8, 4) is 0 Å². The Bertz CT molecular complexity index is 567. The highest BCUT2D eigenvalue weighted by atomic mass is 16.3. The van der Waals surface area contributed by atoms with Crippen LogP contribution in [0.2, 0.25) is 0 Å². The van der Waals surface area contributed by atoms with E-state index in [1.54, 1.807) is 0 Å². The number of aliphatic hydroxyl groups excluding tert-OH is 4. The first-order chi connectivity index (χ1) is 13.2. The summed E-state index contributed by atoms with van der Waals surface area (Å²) in [6.45, 7) is 7.23. The predicted molar refractivity (Wildman–Crippen MR) is 109 cm³/mol. The van der Waals surface area contributed by atoms with Crippen LogP contribution >= 0.6 is 0 Å². The molecule has 0 aliphatic heterocycles. The minimum absolute atomic E-state index is 0.117. The van der Waals surface area contributed by atoms with Gasteiger partial charge in [0.15, 0.2) is 0 Å². The van der Waals surface area contributed by atoms with E-state index in [1.165, 1.54) is 0 Å². The summed E-state index contributed by atoms with van der Waals surface area (Å²) in [6, 6.07) is 0. The highest BCUT2D eigenvalue weighted by molar-refractivity contribution is 5.14. The van der Waals surface area contributed by atoms with E-state index in [2.05, 4.69) is 20.8 Å². The van der Waals surface area contributed by atoms with Crippen LogP contribution in [0, 0.1) is 46.3 Å². The third-order valence-corrected chi connectivity index (χ3v) is 10.3. The Hall–Kier alpha value is -0.160. The fourth-order valence-electron chi connectivity index (χ4n) is 8.75. The molecule has 4 saturated carbocycles. The molecular weight excluding hydrogens is 352 g/mol. The lowest BCUT2D eigenvalue weighted by atomic mass is 9.43. The molecule has 0 aromatic rings. The summed E-state index contributed by atoms with van der Waals surface area (Å²) in [5, 5.41) is 42.2. The third kappa shape index (κ3) is 3.01. The summed E-state index contributed by atoms with van der Waals surface area (Å²) in [7, 11) is 0. The van der Waals surface area contributed by atoms with Crippen molar-refractivity contribution in [2.75, 3.05) is 6.61 Å². The number of rotatable bonds is 4. The maximum Gasteiger partial charge on any atom is 0.0602 e. The highest BCUT2D eigenvalue weighted by Gasteiger charge is 2.65. The zero-order chi connectivity index (χ0) is 20.3. The zero-order valence-corrected chi connectivity index (χ0v) is 18.1. The van der Waals surface area contributed by atoms with Crippen LogP contribution in [-0.2, 0) is 0 Å². The molecule has 4 nitrogen and oxygen atoms in total. The predicted octanol–water partition coefficient (Wildman–Crippen LogP) is 3.36. The largest absolute Gasteiger partial charge is 0.396 e. The van der Waals surface area contributed by atoms with Crippen molar-refractivity contribution >= 4 is 0 Å². The van der Waals surface area contributed by atoms with Gasteiger partial charge in [0, 0.05) is 6.61 Å². The minimum atomic E-state index is -0.308. The molecule has 4 fully saturated rings. The van der Waals surface area contributed by atoms with Gasteiger partial charge in [-0.2, -0.15) is 0 Å². The highest BCUT2D eigenvalue weighted by Crippen LogP contribution is 2.68. The van der Waals surface area contributed by atoms with E-state index < -0.39 is 0 Å². The number of hydrogen-bond donors (Lipinski definition) is 4. The molecule has 0 saturated heterocycles. The number of aliphatic hydroxyl groups is 4. The molecule has 4 heteroatoms. The summed E-state index contributed by atoms with van der Waals surface area (Å²) in [6.07, 6.45) is 7.62. The monoisotopic (exact) mass is 394 g/mol. The molecule has 0 aromatic carbocycles. The topological polar surface area (TPSA) is 80.9 Å². The van der Waals surface area contributed by atoms with Gasteiger partial charge in [-0.1, -0.05) is 20.8 Å². The van der Waals surface area contributed by atoms with Gasteiger partial charge in [-0.3, -0.25) is 0 Å². The van der Waals surface area contributed by atoms with Crippen LogP contribution in [0.25, 0.3) is 0 Å². The van der Waals surface area contributed by atoms with Crippen molar-refractivity contribution in [1.82, 2.24) is 0 Å². The van der Waals surface area contributed by atoms with Crippen LogP contribution < -0.4 is 0 Å². The Morgan fingerprint density at radius 2 is 1.71 bits per heavy atom. The average molecular weight is 395 g/mol. The van der Waals surface area contributed by atoms with E-state index in [1.807, 2.05) is 0 Å². The number of hydrogen-bond acceptors (Lipinski definition) is 4. The van der Waals surface area contributed by atoms with E-state index in [9.17, 15) is 20.4 Å². The third-order valence-electron chi connectivity index (χ3n) is 10.3. The average Bonchev–Trinajstić information content (AvgIpc) is 3.01. The molecule has 11 atom stereocenters. The lowest BCUT2D eigenvalue weighted by Crippen LogP contribution is -2.62. The first-order valence-corrected chi connectivity index (χ1v) is 11.9. The Labute approximate surface area is 170 Å². The van der Waals surface area contributed by atoms with Gasteiger partial charge in [-0.05, 0) is 104 Å². The van der Waals surface area contributed by atoms with E-state index in [0.29, 0.717) is 35.5 Å². The Kier molecular flexibility index (Phi) is 5.66. The van der Waals surface area contributed by atoms with Crippen LogP contribution in [0.3, 0.4) is 0 Å². The number of fused-ring (bicyclic) bond motifs is 5. The quantitative estimate of drug-likeness (QED) is 0.589. The second kappa shape index (κ2) is 7.51. The van der Waals surface area contributed by atoms with Crippen molar-refractivity contribution in [3.05, 3.63) is 0 Å². The van der Waals surface area contributed by atoms with Crippen LogP contribution in [-0.4, -0.2) is 45.3 Å². The van der Waals surface area contributed by atoms with E-state index in [-0.39, 0.29) is 35.7 Å². The Morgan fingerprint density at radius 3 is 2.43 bits per heavy atom. The lowest BCUT2D eigenvalue weighted by Gasteiger charge is -2.63. The van der Waals surface area contributed by atoms with Crippen LogP contribution in [0.4, 0.5) is 0 Å². The van der Waals surface area contributed by atoms with Crippen molar-refractivity contribution in [3.63, 3.8) is 0 Å². The molecule has 4 aliphatic rings. The van der Waals surface area contributed by atoms with Crippen LogP contribution in [0.5, 0.6) is 0 Å². The summed E-state index contributed by atoms with van der Waals surface area (Å²) in [5.74, 6) is 2.41. The standard InChI is InChI=1S/C24H42O4/c1-14(5-4-10-25)17-6-7-18-22-19(13-21(28)24(17,18)3)23(2)9-8-16(26)11-15(23)12-20(22)27/h14-22,25-28H,4-13H2,1-3H3/t14-,15+,16+,17+,18-,19+,20+,21-,22-,23+,24-/m1/s1. The Balaban J connectivity index is 1.62. The second-order valence-electron chi connectivity index (χ2n) is 11.4. The molecule has 0 aromatic heterocycles. The van der Waals surface area contributed by atoms with Gasteiger partial charge in [-0.25, -0.2) is 0 Å². The van der Waals surface area contributed by atoms with Crippen molar-refractivity contribution in [1.29, 1.82) is 0 Å². The molecular formula is C24H42O4. The normalized spacial score (nSPS) is 54.5. The molecule has 162 valence electrons. The zero-order valence-electron chi connectivity index (χ0n) is 18.1. The molecule has 0 spiro atoms. The molecule has 0 radical (unpaired) electrons. The van der Waals surface area contributed by atoms with Gasteiger partial charge in [0.2, 0.25) is 0 Å². The molecule has 4 N–H and O–H groups in total. The summed E-state index contributed by atoms with van der Waals surface area (Å²) >= 11 is 0. The van der Waals surface area contributed by atoms with Crippen molar-refractivity contribution in [2.45, 2.75) is 96.9 Å². The molecule has 0 amide bonds. The van der Waals surface area contributed by atoms with Gasteiger partial charge in [0.05, 0.1) is 18.3 Å². The lowest BCUT2D eigenvalue weighted by molar-refractivity contribution is -0.207.